The third-order valence-electron chi connectivity index (χ3n) is 4.04. The zero-order valence-corrected chi connectivity index (χ0v) is 13.1. The number of rotatable bonds is 3. The highest BCUT2D eigenvalue weighted by atomic mass is 16.2. The molecule has 1 aliphatic rings. The lowest BCUT2D eigenvalue weighted by Crippen LogP contribution is -2.53. The Morgan fingerprint density at radius 2 is 2.04 bits per heavy atom. The first-order valence-electron chi connectivity index (χ1n) is 7.79. The predicted molar refractivity (Wildman–Crippen MR) is 88.0 cm³/mol. The van der Waals surface area contributed by atoms with Crippen LogP contribution in [0, 0.1) is 0 Å². The fraction of sp³-hybridized carbons (Fsp3) is 0.353. The molecule has 23 heavy (non-hydrogen) atoms. The molecule has 1 fully saturated rings. The summed E-state index contributed by atoms with van der Waals surface area (Å²) in [6.07, 6.45) is 0. The van der Waals surface area contributed by atoms with Crippen LogP contribution in [0.1, 0.15) is 6.92 Å². The number of nitrogens with one attached hydrogen (secondary N) is 1. The third kappa shape index (κ3) is 3.48. The van der Waals surface area contributed by atoms with Crippen LogP contribution in [0.25, 0.3) is 11.3 Å². The SMILES string of the molecule is C[C@@H]1CNCCN1C(=O)Cn1nc(-c2ccccc2)ccc1=O. The van der Waals surface area contributed by atoms with E-state index in [-0.39, 0.29) is 24.1 Å². The first-order chi connectivity index (χ1) is 11.1. The minimum Gasteiger partial charge on any atom is -0.336 e. The van der Waals surface area contributed by atoms with Gasteiger partial charge in [0.1, 0.15) is 6.54 Å². The van der Waals surface area contributed by atoms with Crippen LogP contribution in [-0.4, -0.2) is 46.3 Å². The number of hydrogen-bond acceptors (Lipinski definition) is 4. The third-order valence-corrected chi connectivity index (χ3v) is 4.04. The van der Waals surface area contributed by atoms with Crippen LogP contribution in [-0.2, 0) is 11.3 Å². The summed E-state index contributed by atoms with van der Waals surface area (Å²) in [6, 6.07) is 12.9. The zero-order chi connectivity index (χ0) is 16.2. The van der Waals surface area contributed by atoms with Gasteiger partial charge in [-0.15, -0.1) is 0 Å². The van der Waals surface area contributed by atoms with E-state index in [2.05, 4.69) is 10.4 Å². The van der Waals surface area contributed by atoms with Crippen molar-refractivity contribution in [3.05, 3.63) is 52.8 Å². The highest BCUT2D eigenvalue weighted by Crippen LogP contribution is 2.14. The summed E-state index contributed by atoms with van der Waals surface area (Å²) in [6.45, 7) is 4.19. The highest BCUT2D eigenvalue weighted by Gasteiger charge is 2.23. The highest BCUT2D eigenvalue weighted by molar-refractivity contribution is 5.76. The maximum absolute atomic E-state index is 12.5. The molecule has 3 rings (SSSR count). The summed E-state index contributed by atoms with van der Waals surface area (Å²) in [7, 11) is 0. The van der Waals surface area contributed by atoms with E-state index >= 15 is 0 Å². The molecule has 0 unspecified atom stereocenters. The van der Waals surface area contributed by atoms with Crippen molar-refractivity contribution in [3.8, 4) is 11.3 Å². The van der Waals surface area contributed by atoms with Gasteiger partial charge in [0, 0.05) is 37.3 Å². The largest absolute Gasteiger partial charge is 0.336 e. The number of amides is 1. The quantitative estimate of drug-likeness (QED) is 0.907. The average molecular weight is 312 g/mol. The van der Waals surface area contributed by atoms with Gasteiger partial charge in [-0.05, 0) is 13.0 Å². The topological polar surface area (TPSA) is 67.2 Å². The van der Waals surface area contributed by atoms with Crippen LogP contribution in [0.4, 0.5) is 0 Å². The fourth-order valence-corrected chi connectivity index (χ4v) is 2.76. The Morgan fingerprint density at radius 1 is 1.26 bits per heavy atom. The molecule has 120 valence electrons. The molecule has 0 spiro atoms. The van der Waals surface area contributed by atoms with Crippen LogP contribution in [0.15, 0.2) is 47.3 Å². The molecule has 2 heterocycles. The van der Waals surface area contributed by atoms with Crippen molar-refractivity contribution < 1.29 is 4.79 Å². The number of carbonyl (C=O) groups is 1. The first-order valence-corrected chi connectivity index (χ1v) is 7.79. The number of hydrogen-bond donors (Lipinski definition) is 1. The van der Waals surface area contributed by atoms with Crippen molar-refractivity contribution >= 4 is 5.91 Å². The maximum atomic E-state index is 12.5. The van der Waals surface area contributed by atoms with E-state index in [0.29, 0.717) is 12.2 Å². The number of nitrogens with zero attached hydrogens (tertiary/aromatic N) is 3. The van der Waals surface area contributed by atoms with Crippen LogP contribution < -0.4 is 10.9 Å². The van der Waals surface area contributed by atoms with Crippen molar-refractivity contribution in [3.63, 3.8) is 0 Å². The van der Waals surface area contributed by atoms with E-state index in [9.17, 15) is 9.59 Å². The van der Waals surface area contributed by atoms with Gasteiger partial charge in [0.15, 0.2) is 0 Å². The van der Waals surface area contributed by atoms with Crippen LogP contribution in [0.3, 0.4) is 0 Å². The zero-order valence-electron chi connectivity index (χ0n) is 13.1. The molecule has 0 bridgehead atoms. The van der Waals surface area contributed by atoms with E-state index in [0.717, 1.165) is 18.7 Å². The Labute approximate surface area is 134 Å². The van der Waals surface area contributed by atoms with Crippen LogP contribution in [0.5, 0.6) is 0 Å². The molecule has 0 radical (unpaired) electrons. The molecule has 1 aromatic carbocycles. The van der Waals surface area contributed by atoms with Gasteiger partial charge in [-0.25, -0.2) is 4.68 Å². The summed E-state index contributed by atoms with van der Waals surface area (Å²) in [5, 5.41) is 7.59. The normalized spacial score (nSPS) is 18.0. The Balaban J connectivity index is 1.82. The van der Waals surface area contributed by atoms with E-state index in [4.69, 9.17) is 0 Å². The lowest BCUT2D eigenvalue weighted by Gasteiger charge is -2.34. The van der Waals surface area contributed by atoms with Gasteiger partial charge in [-0.1, -0.05) is 30.3 Å². The first kappa shape index (κ1) is 15.4. The molecular formula is C17H20N4O2. The van der Waals surface area contributed by atoms with Gasteiger partial charge in [0.05, 0.1) is 5.69 Å². The fourth-order valence-electron chi connectivity index (χ4n) is 2.76. The Bertz CT molecular complexity index is 742. The number of piperazine rings is 1. The second kappa shape index (κ2) is 6.75. The molecule has 1 aromatic heterocycles. The van der Waals surface area contributed by atoms with Crippen molar-refractivity contribution in [1.29, 1.82) is 0 Å². The molecule has 1 N–H and O–H groups in total. The lowest BCUT2D eigenvalue weighted by molar-refractivity contribution is -0.134. The average Bonchev–Trinajstić information content (AvgIpc) is 2.58. The van der Waals surface area contributed by atoms with E-state index in [1.54, 1.807) is 11.0 Å². The molecule has 1 amide bonds. The van der Waals surface area contributed by atoms with Crippen molar-refractivity contribution in [2.45, 2.75) is 19.5 Å². The minimum absolute atomic E-state index is 0.0240. The lowest BCUT2D eigenvalue weighted by atomic mass is 10.1. The standard InChI is InChI=1S/C17H20N4O2/c1-13-11-18-9-10-20(13)17(23)12-21-16(22)8-7-15(19-21)14-5-3-2-4-6-14/h2-8,13,18H,9-12H2,1H3/t13-/m1/s1. The molecular weight excluding hydrogens is 292 g/mol. The van der Waals surface area contributed by atoms with E-state index in [1.165, 1.54) is 10.7 Å². The second-order valence-corrected chi connectivity index (χ2v) is 5.72. The van der Waals surface area contributed by atoms with Crippen LogP contribution >= 0.6 is 0 Å². The minimum atomic E-state index is -0.263. The van der Waals surface area contributed by atoms with Crippen molar-refractivity contribution in [2.24, 2.45) is 0 Å². The smallest absolute Gasteiger partial charge is 0.267 e. The van der Waals surface area contributed by atoms with E-state index < -0.39 is 0 Å². The molecule has 1 saturated heterocycles. The number of benzene rings is 1. The summed E-state index contributed by atoms with van der Waals surface area (Å²) < 4.78 is 1.25. The molecule has 6 nitrogen and oxygen atoms in total. The molecule has 0 aliphatic carbocycles. The summed E-state index contributed by atoms with van der Waals surface area (Å²) in [5.41, 5.74) is 1.34. The molecule has 1 atom stereocenters. The molecule has 1 aliphatic heterocycles. The van der Waals surface area contributed by atoms with Gasteiger partial charge < -0.3 is 10.2 Å². The van der Waals surface area contributed by atoms with Crippen LogP contribution in [0.2, 0.25) is 0 Å². The van der Waals surface area contributed by atoms with Gasteiger partial charge in [0.25, 0.3) is 5.56 Å². The predicted octanol–water partition coefficient (Wildman–Crippen LogP) is 0.731. The van der Waals surface area contributed by atoms with Gasteiger partial charge in [0.2, 0.25) is 5.91 Å². The Morgan fingerprint density at radius 3 is 2.78 bits per heavy atom. The molecule has 6 heteroatoms. The van der Waals surface area contributed by atoms with Gasteiger partial charge in [-0.3, -0.25) is 9.59 Å². The van der Waals surface area contributed by atoms with E-state index in [1.807, 2.05) is 37.3 Å². The number of carbonyl (C=O) groups excluding carboxylic acids is 1. The molecule has 0 saturated carbocycles. The Kier molecular flexibility index (Phi) is 4.52. The summed E-state index contributed by atoms with van der Waals surface area (Å²) in [4.78, 5) is 26.3. The van der Waals surface area contributed by atoms with Gasteiger partial charge >= 0.3 is 0 Å². The summed E-state index contributed by atoms with van der Waals surface area (Å²) >= 11 is 0. The maximum Gasteiger partial charge on any atom is 0.267 e. The summed E-state index contributed by atoms with van der Waals surface area (Å²) in [5.74, 6) is -0.0705. The van der Waals surface area contributed by atoms with Crippen molar-refractivity contribution in [2.75, 3.05) is 19.6 Å². The monoisotopic (exact) mass is 312 g/mol. The Hall–Kier alpha value is -2.47. The molecule has 2 aromatic rings. The van der Waals surface area contributed by atoms with Gasteiger partial charge in [-0.2, -0.15) is 5.10 Å². The second-order valence-electron chi connectivity index (χ2n) is 5.72. The number of aromatic nitrogens is 2. The van der Waals surface area contributed by atoms with Crippen molar-refractivity contribution in [1.82, 2.24) is 20.0 Å².